The van der Waals surface area contributed by atoms with Crippen LogP contribution in [-0.2, 0) is 43.2 Å². The van der Waals surface area contributed by atoms with Gasteiger partial charge in [-0.25, -0.2) is 33.8 Å². The molecule has 10 unspecified atom stereocenters. The first-order chi connectivity index (χ1) is 68.4. The third-order valence-corrected chi connectivity index (χ3v) is 32.0. The first kappa shape index (κ1) is 133. The summed E-state index contributed by atoms with van der Waals surface area (Å²) in [5.74, 6) is 5.84. The first-order valence-electron chi connectivity index (χ1n) is 54.2. The third kappa shape index (κ3) is 61.9. The number of piperidine rings is 1. The summed E-state index contributed by atoms with van der Waals surface area (Å²) in [6, 6.07) is -2.10. The summed E-state index contributed by atoms with van der Waals surface area (Å²) in [7, 11) is 0. The summed E-state index contributed by atoms with van der Waals surface area (Å²) in [4.78, 5) is 170. The van der Waals surface area contributed by atoms with Crippen molar-refractivity contribution in [3.63, 3.8) is 0 Å². The minimum atomic E-state index is -1.33. The molecule has 4 saturated carbocycles. The highest BCUT2D eigenvalue weighted by Crippen LogP contribution is 2.56. The number of carboxylic acids is 6. The largest absolute Gasteiger partial charge is 0.480 e. The van der Waals surface area contributed by atoms with Crippen LogP contribution in [0.1, 0.15) is 379 Å². The van der Waals surface area contributed by atoms with Crippen LogP contribution in [0.5, 0.6) is 0 Å². The molecule has 4 bridgehead atoms. The standard InChI is InChI=1S/C31H56N2O4S.C29H52N2O4S.C27H45NOS.C15H22N2O5.C10H16N2O6S/c1-23(2)12-9-13-24(3)14-10-15-25(4)16-11-17-26(5)19-21-38-22-28(27(6)34)32-31(37)33-20-8-7-18-29(33)30(35)36;1-21(2)10-7-11-22(3)12-8-13-23(4)14-9-15-24(5)17-19-36-20-26(25(6)32)30-29(35)31-18-16-27(31)28(33)34;1-21(2)10-7-11-22(3)12-8-13-23(4)14-9-15-24(5)18-19-30-27-17-16-26(20-28-27)25(6)29;18-12(19)7-17(8-13(20)21)14(22)16-15-4-9-1-10(5-15)3-11(2-9)6-15;1-6(13)7(5-19-2)11-10(18)12(3-8(14)15)4-9(16)17/h19,23-25,28-29H,7-18,20-22H2,1-6H3,(H,32,37)(H,35,36);17,21-23,26-27H,7-16,18-20H2,1-6H3,(H,30,35)(H,33,34);16-18,20-23H,7-15,19H2,1-6H3;9-11H,1-8H2,(H,16,22)(H,18,19)(H,20,21);7H,3-5H2,1-2H3,(H,11,18)(H,14,15)(H,16,17)/b26-19+;24-17+;24-18+;;/t;22?,23?,26-,27?;;;/m.0.../s1. The van der Waals surface area contributed by atoms with Crippen molar-refractivity contribution in [2.24, 2.45) is 71.0 Å². The first-order valence-corrected chi connectivity index (χ1v) is 58.9. The Hall–Kier alpha value is -7.65. The SMILES string of the molecule is CC(=O)C(CSC/C=C(\C)CCCC(C)CCCC(C)CCCC(C)C)NC(=O)N1CCCCC1C(=O)O.CC(=O)[C@H](CSC/C=C(\C)CCCC(C)CCCC(C)CCCC(C)C)NC(=O)N1CCC1C(=O)O.CC(=O)c1ccc(SC/C=C(\C)CCCC(C)CCCC(C)CCCC(C)C)nc1.CSCC(NC(=O)N(CC(=O)O)CC(=O)O)C(C)=O.O=C(O)CN(CC(=O)O)C(=O)NC12CC3CC(CC(C3)C1)C2. The van der Waals surface area contributed by atoms with E-state index in [0.29, 0.717) is 71.4 Å². The second-order valence-electron chi connectivity index (χ2n) is 44.1. The van der Waals surface area contributed by atoms with Gasteiger partial charge in [-0.1, -0.05) is 253 Å². The molecule has 29 nitrogen and oxygen atoms in total. The fourth-order valence-corrected chi connectivity index (χ4v) is 23.4. The highest BCUT2D eigenvalue weighted by Gasteiger charge is 2.52. The van der Waals surface area contributed by atoms with E-state index in [9.17, 15) is 72.2 Å². The van der Waals surface area contributed by atoms with Crippen molar-refractivity contribution in [1.29, 1.82) is 0 Å². The van der Waals surface area contributed by atoms with E-state index in [1.807, 2.05) is 12.1 Å². The van der Waals surface area contributed by atoms with Gasteiger partial charge in [0.1, 0.15) is 38.3 Å². The van der Waals surface area contributed by atoms with Crippen LogP contribution in [0.2, 0.25) is 0 Å². The lowest BCUT2D eigenvalue weighted by molar-refractivity contribution is -0.146. The molecule has 4 aliphatic carbocycles. The predicted octanol–water partition coefficient (Wildman–Crippen LogP) is 24.0. The van der Waals surface area contributed by atoms with Crippen molar-refractivity contribution < 1.29 is 97.8 Å². The van der Waals surface area contributed by atoms with E-state index in [1.165, 1.54) is 239 Å². The monoisotopic (exact) mass is 2110 g/mol. The summed E-state index contributed by atoms with van der Waals surface area (Å²) >= 11 is 6.31. The summed E-state index contributed by atoms with van der Waals surface area (Å²) in [5.41, 5.74) is 4.67. The normalized spacial score (nSPS) is 19.3. The summed E-state index contributed by atoms with van der Waals surface area (Å²) < 4.78 is 0. The number of ketones is 4. The van der Waals surface area contributed by atoms with E-state index in [4.69, 9.17) is 25.5 Å². The Balaban J connectivity index is 0.000000625. The highest BCUT2D eigenvalue weighted by molar-refractivity contribution is 8.00. The van der Waals surface area contributed by atoms with Gasteiger partial charge < -0.3 is 71.5 Å². The van der Waals surface area contributed by atoms with E-state index in [2.05, 4.69) is 148 Å². The number of allylic oxidation sites excluding steroid dienone is 3. The number of Topliss-reactive ketones (excluding diaryl/α,β-unsaturated/α-hetero) is 4. The van der Waals surface area contributed by atoms with Gasteiger partial charge in [0.15, 0.2) is 23.1 Å². The van der Waals surface area contributed by atoms with Gasteiger partial charge >= 0.3 is 59.9 Å². The van der Waals surface area contributed by atoms with E-state index in [-0.39, 0.29) is 28.7 Å². The number of likely N-dealkylation sites (tertiary alicyclic amines) is 2. The Kier molecular flexibility index (Phi) is 69.1. The number of urea groups is 4. The minimum absolute atomic E-state index is 0.0696. The summed E-state index contributed by atoms with van der Waals surface area (Å²) in [6.45, 7) is 38.9. The molecule has 6 fully saturated rings. The van der Waals surface area contributed by atoms with E-state index in [1.54, 1.807) is 54.7 Å². The van der Waals surface area contributed by atoms with Crippen molar-refractivity contribution >= 4 is 130 Å². The van der Waals surface area contributed by atoms with Crippen LogP contribution in [0.4, 0.5) is 19.2 Å². The molecule has 828 valence electrons. The van der Waals surface area contributed by atoms with Crippen LogP contribution >= 0.6 is 47.0 Å². The fourth-order valence-electron chi connectivity index (χ4n) is 19.7. The van der Waals surface area contributed by atoms with Gasteiger partial charge in [0.25, 0.3) is 0 Å². The van der Waals surface area contributed by atoms with Gasteiger partial charge in [0.05, 0.1) is 23.2 Å². The number of carbonyl (C=O) groups excluding carboxylic acids is 8. The maximum atomic E-state index is 12.7. The molecule has 0 spiro atoms. The lowest BCUT2D eigenvalue weighted by atomic mass is 9.53. The molecule has 8 amide bonds. The molecule has 7 rings (SSSR count). The molecule has 2 aliphatic heterocycles. The maximum Gasteiger partial charge on any atom is 0.326 e. The van der Waals surface area contributed by atoms with Gasteiger partial charge in [-0.3, -0.25) is 38.4 Å². The van der Waals surface area contributed by atoms with Crippen LogP contribution in [-0.4, -0.2) is 254 Å². The van der Waals surface area contributed by atoms with Crippen molar-refractivity contribution in [3.8, 4) is 0 Å². The zero-order valence-corrected chi connectivity index (χ0v) is 95.5. The second-order valence-corrected chi connectivity index (χ2v) is 48.2. The molecule has 1 aromatic heterocycles. The number of hydrogen-bond acceptors (Lipinski definition) is 19. The number of hydrogen-bond donors (Lipinski definition) is 10. The third-order valence-electron chi connectivity index (χ3n) is 28.5. The molecular weight excluding hydrogens is 1920 g/mol. The maximum absolute atomic E-state index is 12.7. The van der Waals surface area contributed by atoms with Gasteiger partial charge in [-0.05, 0) is 241 Å². The Morgan fingerprint density at radius 3 is 1.03 bits per heavy atom. The minimum Gasteiger partial charge on any atom is -0.480 e. The Morgan fingerprint density at radius 1 is 0.407 bits per heavy atom. The lowest BCUT2D eigenvalue weighted by Gasteiger charge is -2.57. The smallest absolute Gasteiger partial charge is 0.326 e. The number of carboxylic acid groups (broad SMARTS) is 6. The van der Waals surface area contributed by atoms with E-state index in [0.717, 1.165) is 125 Å². The van der Waals surface area contributed by atoms with Crippen molar-refractivity contribution in [2.45, 2.75) is 410 Å². The second kappa shape index (κ2) is 75.1. The Bertz CT molecular complexity index is 4060. The molecular formula is C112H191N9O20S4. The topological polar surface area (TPSA) is 434 Å². The van der Waals surface area contributed by atoms with E-state index < -0.39 is 116 Å². The zero-order valence-electron chi connectivity index (χ0n) is 92.2. The number of thioether (sulfide) groups is 4. The quantitative estimate of drug-likeness (QED) is 0.0125. The summed E-state index contributed by atoms with van der Waals surface area (Å²) in [6.07, 6.45) is 54.9. The Morgan fingerprint density at radius 2 is 0.731 bits per heavy atom. The van der Waals surface area contributed by atoms with Crippen LogP contribution in [0.3, 0.4) is 0 Å². The number of nitrogens with zero attached hydrogens (tertiary/aromatic N) is 5. The van der Waals surface area contributed by atoms with Gasteiger partial charge in [-0.2, -0.15) is 35.3 Å². The molecule has 3 heterocycles. The molecule has 145 heavy (non-hydrogen) atoms. The molecule has 0 aromatic carbocycles. The number of carbonyl (C=O) groups is 14. The molecule has 0 radical (unpaired) electrons. The van der Waals surface area contributed by atoms with Gasteiger partial charge in [0, 0.05) is 64.9 Å². The van der Waals surface area contributed by atoms with Crippen molar-refractivity contribution in [2.75, 3.05) is 80.0 Å². The van der Waals surface area contributed by atoms with E-state index >= 15 is 0 Å². The number of pyridine rings is 1. The molecule has 2 saturated heterocycles. The van der Waals surface area contributed by atoms with Gasteiger partial charge in [0.2, 0.25) is 0 Å². The number of aliphatic carboxylic acids is 6. The Labute approximate surface area is 887 Å². The molecule has 6 aliphatic rings. The van der Waals surface area contributed by atoms with Crippen LogP contribution in [0.15, 0.2) is 58.3 Å². The fraction of sp³-hybridized carbons (Fsp3) is 0.777. The number of aromatic nitrogens is 1. The molecule has 10 N–H and O–H groups in total. The molecule has 11 atom stereocenters. The van der Waals surface area contributed by atoms with Crippen LogP contribution in [0.25, 0.3) is 0 Å². The van der Waals surface area contributed by atoms with Crippen LogP contribution < -0.4 is 21.3 Å². The lowest BCUT2D eigenvalue weighted by Crippen LogP contribution is -2.62. The van der Waals surface area contributed by atoms with Crippen molar-refractivity contribution in [3.05, 3.63) is 58.8 Å². The van der Waals surface area contributed by atoms with Crippen molar-refractivity contribution in [1.82, 2.24) is 45.9 Å². The number of nitrogens with one attached hydrogen (secondary N) is 4. The number of amides is 8. The average molecular weight is 2110 g/mol. The zero-order chi connectivity index (χ0) is 109. The molecule has 1 aromatic rings. The highest BCUT2D eigenvalue weighted by atomic mass is 32.2. The van der Waals surface area contributed by atoms with Gasteiger partial charge in [-0.15, -0.1) is 11.8 Å². The predicted molar refractivity (Wildman–Crippen MR) is 590 cm³/mol. The average Bonchev–Trinajstić information content (AvgIpc) is 0.746. The molecule has 33 heteroatoms. The van der Waals surface area contributed by atoms with Crippen LogP contribution in [0, 0.1) is 71.0 Å². The number of rotatable bonds is 67. The summed E-state index contributed by atoms with van der Waals surface area (Å²) in [5, 5.41) is 65.2.